The van der Waals surface area contributed by atoms with Crippen LogP contribution in [-0.4, -0.2) is 66.4 Å². The summed E-state index contributed by atoms with van der Waals surface area (Å²) in [6, 6.07) is 7.34. The van der Waals surface area contributed by atoms with Crippen molar-refractivity contribution in [1.82, 2.24) is 20.0 Å². The molecule has 1 spiro atoms. The molecule has 1 aromatic carbocycles. The summed E-state index contributed by atoms with van der Waals surface area (Å²) in [6.07, 6.45) is 1.85. The summed E-state index contributed by atoms with van der Waals surface area (Å²) >= 11 is 0. The summed E-state index contributed by atoms with van der Waals surface area (Å²) < 4.78 is 11.0. The highest BCUT2D eigenvalue weighted by molar-refractivity contribution is 5.89. The molecule has 2 fully saturated rings. The molecule has 2 saturated heterocycles. The van der Waals surface area contributed by atoms with Gasteiger partial charge < -0.3 is 24.3 Å². The molecule has 2 aliphatic heterocycles. The molecule has 0 bridgehead atoms. The number of carbonyl (C=O) groups excluding carboxylic acids is 1. The van der Waals surface area contributed by atoms with E-state index >= 15 is 0 Å². The Morgan fingerprint density at radius 2 is 2.11 bits per heavy atom. The Kier molecular flexibility index (Phi) is 4.97. The summed E-state index contributed by atoms with van der Waals surface area (Å²) in [6.45, 7) is 5.16. The molecule has 4 rings (SSSR count). The lowest BCUT2D eigenvalue weighted by molar-refractivity contribution is 0.110. The van der Waals surface area contributed by atoms with E-state index in [1.54, 1.807) is 7.11 Å². The fourth-order valence-electron chi connectivity index (χ4n) is 4.58. The van der Waals surface area contributed by atoms with E-state index < -0.39 is 0 Å². The maximum absolute atomic E-state index is 12.7. The van der Waals surface area contributed by atoms with Crippen LogP contribution in [0.3, 0.4) is 0 Å². The van der Waals surface area contributed by atoms with Gasteiger partial charge in [-0.15, -0.1) is 10.2 Å². The highest BCUT2D eigenvalue weighted by Crippen LogP contribution is 2.49. The molecular formula is C20H27N5O3. The van der Waals surface area contributed by atoms with Gasteiger partial charge in [0.05, 0.1) is 13.0 Å². The first kappa shape index (κ1) is 18.7. The Bertz CT molecular complexity index is 844. The Labute approximate surface area is 164 Å². The number of carbonyl (C=O) groups is 1. The quantitative estimate of drug-likeness (QED) is 0.875. The third kappa shape index (κ3) is 3.56. The first-order valence-electron chi connectivity index (χ1n) is 9.68. The molecule has 150 valence electrons. The SMILES string of the molecule is COc1cccc(NC(=O)N2CCC3(CC2)CN(C)CC3c2nnc(C)o2)c1. The maximum atomic E-state index is 12.7. The average molecular weight is 385 g/mol. The molecule has 1 aromatic heterocycles. The number of hydrogen-bond acceptors (Lipinski definition) is 6. The lowest BCUT2D eigenvalue weighted by Crippen LogP contribution is -2.47. The monoisotopic (exact) mass is 385 g/mol. The van der Waals surface area contributed by atoms with Crippen LogP contribution in [0.15, 0.2) is 28.7 Å². The second-order valence-corrected chi connectivity index (χ2v) is 7.92. The fourth-order valence-corrected chi connectivity index (χ4v) is 4.58. The Balaban J connectivity index is 1.42. The van der Waals surface area contributed by atoms with Gasteiger partial charge in [-0.2, -0.15) is 0 Å². The second kappa shape index (κ2) is 7.43. The van der Waals surface area contributed by atoms with E-state index in [4.69, 9.17) is 9.15 Å². The van der Waals surface area contributed by atoms with Crippen molar-refractivity contribution < 1.29 is 13.9 Å². The molecular weight excluding hydrogens is 358 g/mol. The number of hydrogen-bond donors (Lipinski definition) is 1. The summed E-state index contributed by atoms with van der Waals surface area (Å²) in [5, 5.41) is 11.3. The van der Waals surface area contributed by atoms with Crippen LogP contribution in [0.4, 0.5) is 10.5 Å². The lowest BCUT2D eigenvalue weighted by Gasteiger charge is -2.41. The predicted octanol–water partition coefficient (Wildman–Crippen LogP) is 2.73. The minimum Gasteiger partial charge on any atom is -0.497 e. The van der Waals surface area contributed by atoms with Gasteiger partial charge in [-0.25, -0.2) is 4.79 Å². The summed E-state index contributed by atoms with van der Waals surface area (Å²) in [4.78, 5) is 16.9. The predicted molar refractivity (Wildman–Crippen MR) is 105 cm³/mol. The summed E-state index contributed by atoms with van der Waals surface area (Å²) in [5.41, 5.74) is 0.824. The number of urea groups is 1. The van der Waals surface area contributed by atoms with Gasteiger partial charge in [0, 0.05) is 44.9 Å². The number of aromatic nitrogens is 2. The summed E-state index contributed by atoms with van der Waals surface area (Å²) in [7, 11) is 3.75. The van der Waals surface area contributed by atoms with Crippen LogP contribution in [0, 0.1) is 12.3 Å². The van der Waals surface area contributed by atoms with Crippen LogP contribution < -0.4 is 10.1 Å². The van der Waals surface area contributed by atoms with Crippen LogP contribution in [0.2, 0.25) is 0 Å². The van der Waals surface area contributed by atoms with Crippen LogP contribution >= 0.6 is 0 Å². The van der Waals surface area contributed by atoms with Gasteiger partial charge in [-0.1, -0.05) is 6.07 Å². The van der Waals surface area contributed by atoms with Crippen molar-refractivity contribution >= 4 is 11.7 Å². The number of aryl methyl sites for hydroxylation is 1. The van der Waals surface area contributed by atoms with Gasteiger partial charge in [0.1, 0.15) is 5.75 Å². The second-order valence-electron chi connectivity index (χ2n) is 7.92. The number of nitrogens with zero attached hydrogens (tertiary/aromatic N) is 4. The largest absolute Gasteiger partial charge is 0.497 e. The molecule has 1 N–H and O–H groups in total. The number of amides is 2. The van der Waals surface area contributed by atoms with Gasteiger partial charge in [-0.05, 0) is 37.4 Å². The molecule has 8 heteroatoms. The number of piperidine rings is 1. The first-order chi connectivity index (χ1) is 13.5. The number of likely N-dealkylation sites (N-methyl/N-ethyl adjacent to an activating group) is 1. The van der Waals surface area contributed by atoms with Crippen molar-refractivity contribution in [3.63, 3.8) is 0 Å². The standard InChI is InChI=1S/C20H27N5O3/c1-14-22-23-18(28-14)17-12-24(2)13-20(17)7-9-25(10-8-20)19(26)21-15-5-4-6-16(11-15)27-3/h4-6,11,17H,7-10,12-13H2,1-3H3,(H,21,26). The fraction of sp³-hybridized carbons (Fsp3) is 0.550. The molecule has 8 nitrogen and oxygen atoms in total. The molecule has 1 atom stereocenters. The van der Waals surface area contributed by atoms with Crippen molar-refractivity contribution in [2.75, 3.05) is 45.7 Å². The number of rotatable bonds is 3. The molecule has 0 aliphatic carbocycles. The van der Waals surface area contributed by atoms with Gasteiger partial charge in [0.25, 0.3) is 0 Å². The number of methoxy groups -OCH3 is 1. The highest BCUT2D eigenvalue weighted by atomic mass is 16.5. The van der Waals surface area contributed by atoms with E-state index in [0.29, 0.717) is 19.0 Å². The Hall–Kier alpha value is -2.61. The topological polar surface area (TPSA) is 83.7 Å². The van der Waals surface area contributed by atoms with E-state index in [1.807, 2.05) is 36.1 Å². The van der Waals surface area contributed by atoms with E-state index in [1.165, 1.54) is 0 Å². The minimum absolute atomic E-state index is 0.0698. The zero-order valence-electron chi connectivity index (χ0n) is 16.6. The number of anilines is 1. The molecule has 2 aliphatic rings. The van der Waals surface area contributed by atoms with Crippen molar-refractivity contribution in [3.05, 3.63) is 36.0 Å². The minimum atomic E-state index is -0.0698. The van der Waals surface area contributed by atoms with E-state index in [2.05, 4.69) is 27.5 Å². The lowest BCUT2D eigenvalue weighted by atomic mass is 9.71. The number of nitrogens with one attached hydrogen (secondary N) is 1. The first-order valence-corrected chi connectivity index (χ1v) is 9.68. The zero-order valence-corrected chi connectivity index (χ0v) is 16.6. The van der Waals surface area contributed by atoms with Crippen LogP contribution in [0.5, 0.6) is 5.75 Å². The highest BCUT2D eigenvalue weighted by Gasteiger charge is 2.50. The number of likely N-dealkylation sites (tertiary alicyclic amines) is 2. The van der Waals surface area contributed by atoms with Gasteiger partial charge in [-0.3, -0.25) is 0 Å². The normalized spacial score (nSPS) is 21.8. The van der Waals surface area contributed by atoms with Gasteiger partial charge in [0.15, 0.2) is 0 Å². The Morgan fingerprint density at radius 3 is 2.79 bits per heavy atom. The van der Waals surface area contributed by atoms with Gasteiger partial charge >= 0.3 is 6.03 Å². The van der Waals surface area contributed by atoms with Gasteiger partial charge in [0.2, 0.25) is 11.8 Å². The molecule has 3 heterocycles. The molecule has 28 heavy (non-hydrogen) atoms. The van der Waals surface area contributed by atoms with E-state index in [-0.39, 0.29) is 17.4 Å². The van der Waals surface area contributed by atoms with Crippen molar-refractivity contribution in [1.29, 1.82) is 0 Å². The molecule has 2 amide bonds. The van der Waals surface area contributed by atoms with E-state index in [9.17, 15) is 4.79 Å². The van der Waals surface area contributed by atoms with Crippen LogP contribution in [0.25, 0.3) is 0 Å². The Morgan fingerprint density at radius 1 is 1.32 bits per heavy atom. The number of benzene rings is 1. The third-order valence-corrected chi connectivity index (χ3v) is 6.03. The van der Waals surface area contributed by atoms with Crippen LogP contribution in [0.1, 0.15) is 30.5 Å². The van der Waals surface area contributed by atoms with Crippen LogP contribution in [-0.2, 0) is 0 Å². The summed E-state index contributed by atoms with van der Waals surface area (Å²) in [5.74, 6) is 2.29. The van der Waals surface area contributed by atoms with E-state index in [0.717, 1.165) is 43.3 Å². The zero-order chi connectivity index (χ0) is 19.7. The smallest absolute Gasteiger partial charge is 0.321 e. The van der Waals surface area contributed by atoms with Crippen molar-refractivity contribution in [3.8, 4) is 5.75 Å². The number of ether oxygens (including phenoxy) is 1. The molecule has 0 saturated carbocycles. The molecule has 1 unspecified atom stereocenters. The van der Waals surface area contributed by atoms with Crippen molar-refractivity contribution in [2.24, 2.45) is 5.41 Å². The third-order valence-electron chi connectivity index (χ3n) is 6.03. The van der Waals surface area contributed by atoms with Crippen molar-refractivity contribution in [2.45, 2.75) is 25.7 Å². The maximum Gasteiger partial charge on any atom is 0.321 e. The molecule has 0 radical (unpaired) electrons. The molecule has 2 aromatic rings. The average Bonchev–Trinajstić information content (AvgIpc) is 3.25.